The third-order valence-corrected chi connectivity index (χ3v) is 3.70. The van der Waals surface area contributed by atoms with E-state index in [9.17, 15) is 5.11 Å². The predicted octanol–water partition coefficient (Wildman–Crippen LogP) is 2.37. The Bertz CT molecular complexity index is 312. The smallest absolute Gasteiger partial charge is 0.0592 e. The van der Waals surface area contributed by atoms with E-state index in [-0.39, 0.29) is 6.10 Å². The zero-order chi connectivity index (χ0) is 11.9. The molecule has 2 atom stereocenters. The SMILES string of the molecule is OC1CCNCC1CCCCc1ccccc1. The molecule has 2 nitrogen and oxygen atoms in total. The quantitative estimate of drug-likeness (QED) is 0.765. The Hall–Kier alpha value is -0.860. The van der Waals surface area contributed by atoms with E-state index in [1.807, 2.05) is 0 Å². The molecule has 0 amide bonds. The molecule has 1 saturated heterocycles. The van der Waals surface area contributed by atoms with Crippen LogP contribution < -0.4 is 5.32 Å². The molecule has 1 aliphatic rings. The molecular formula is C15H23NO. The second-order valence-corrected chi connectivity index (χ2v) is 5.05. The van der Waals surface area contributed by atoms with Gasteiger partial charge in [0.15, 0.2) is 0 Å². The summed E-state index contributed by atoms with van der Waals surface area (Å²) in [6, 6.07) is 10.6. The van der Waals surface area contributed by atoms with Gasteiger partial charge in [0, 0.05) is 6.54 Å². The first kappa shape index (κ1) is 12.6. The van der Waals surface area contributed by atoms with Crippen molar-refractivity contribution in [2.24, 2.45) is 5.92 Å². The lowest BCUT2D eigenvalue weighted by Crippen LogP contribution is -2.39. The molecule has 2 heteroatoms. The van der Waals surface area contributed by atoms with Crippen molar-refractivity contribution in [3.05, 3.63) is 35.9 Å². The Morgan fingerprint density at radius 3 is 2.76 bits per heavy atom. The van der Waals surface area contributed by atoms with E-state index in [0.29, 0.717) is 5.92 Å². The third kappa shape index (κ3) is 4.14. The Morgan fingerprint density at radius 1 is 1.18 bits per heavy atom. The number of hydrogen-bond acceptors (Lipinski definition) is 2. The molecule has 1 aromatic carbocycles. The summed E-state index contributed by atoms with van der Waals surface area (Å²) in [4.78, 5) is 0. The average Bonchev–Trinajstić information content (AvgIpc) is 2.38. The minimum atomic E-state index is -0.0759. The lowest BCUT2D eigenvalue weighted by Gasteiger charge is -2.28. The van der Waals surface area contributed by atoms with E-state index in [1.165, 1.54) is 18.4 Å². The molecule has 0 bridgehead atoms. The largest absolute Gasteiger partial charge is 0.393 e. The Labute approximate surface area is 104 Å². The summed E-state index contributed by atoms with van der Waals surface area (Å²) in [6.07, 6.45) is 5.61. The van der Waals surface area contributed by atoms with Gasteiger partial charge in [0.1, 0.15) is 0 Å². The van der Waals surface area contributed by atoms with Crippen LogP contribution >= 0.6 is 0 Å². The van der Waals surface area contributed by atoms with Gasteiger partial charge in [-0.15, -0.1) is 0 Å². The monoisotopic (exact) mass is 233 g/mol. The van der Waals surface area contributed by atoms with Crippen LogP contribution in [-0.2, 0) is 6.42 Å². The molecule has 17 heavy (non-hydrogen) atoms. The van der Waals surface area contributed by atoms with Crippen LogP contribution in [0.2, 0.25) is 0 Å². The number of aliphatic hydroxyl groups is 1. The first-order chi connectivity index (χ1) is 8.36. The highest BCUT2D eigenvalue weighted by Gasteiger charge is 2.21. The molecule has 0 aliphatic carbocycles. The second kappa shape index (κ2) is 6.77. The average molecular weight is 233 g/mol. The molecule has 0 saturated carbocycles. The van der Waals surface area contributed by atoms with Crippen LogP contribution in [0.25, 0.3) is 0 Å². The molecule has 2 unspecified atom stereocenters. The summed E-state index contributed by atoms with van der Waals surface area (Å²) in [6.45, 7) is 1.97. The van der Waals surface area contributed by atoms with Crippen LogP contribution in [0.3, 0.4) is 0 Å². The van der Waals surface area contributed by atoms with Crippen molar-refractivity contribution in [1.82, 2.24) is 5.32 Å². The predicted molar refractivity (Wildman–Crippen MR) is 71.0 cm³/mol. The number of piperidine rings is 1. The van der Waals surface area contributed by atoms with Gasteiger partial charge in [0.25, 0.3) is 0 Å². The Balaban J connectivity index is 1.63. The number of hydrogen-bond donors (Lipinski definition) is 2. The van der Waals surface area contributed by atoms with Crippen LogP contribution in [0.1, 0.15) is 31.2 Å². The number of nitrogens with one attached hydrogen (secondary N) is 1. The minimum absolute atomic E-state index is 0.0759. The molecule has 0 spiro atoms. The van der Waals surface area contributed by atoms with Gasteiger partial charge in [-0.05, 0) is 43.7 Å². The summed E-state index contributed by atoms with van der Waals surface area (Å²) in [7, 11) is 0. The third-order valence-electron chi connectivity index (χ3n) is 3.70. The first-order valence-electron chi connectivity index (χ1n) is 6.79. The van der Waals surface area contributed by atoms with E-state index in [4.69, 9.17) is 0 Å². The van der Waals surface area contributed by atoms with Crippen LogP contribution in [-0.4, -0.2) is 24.3 Å². The lowest BCUT2D eigenvalue weighted by molar-refractivity contribution is 0.0732. The maximum Gasteiger partial charge on any atom is 0.0592 e. The van der Waals surface area contributed by atoms with Gasteiger partial charge in [-0.25, -0.2) is 0 Å². The zero-order valence-electron chi connectivity index (χ0n) is 10.4. The van der Waals surface area contributed by atoms with Crippen molar-refractivity contribution in [1.29, 1.82) is 0 Å². The highest BCUT2D eigenvalue weighted by molar-refractivity contribution is 5.14. The Morgan fingerprint density at radius 2 is 2.00 bits per heavy atom. The van der Waals surface area contributed by atoms with Crippen molar-refractivity contribution in [3.8, 4) is 0 Å². The summed E-state index contributed by atoms with van der Waals surface area (Å²) in [5, 5.41) is 13.2. The Kier molecular flexibility index (Phi) is 5.02. The van der Waals surface area contributed by atoms with Gasteiger partial charge in [-0.2, -0.15) is 0 Å². The fourth-order valence-corrected chi connectivity index (χ4v) is 2.58. The van der Waals surface area contributed by atoms with Gasteiger partial charge < -0.3 is 10.4 Å². The lowest BCUT2D eigenvalue weighted by atomic mass is 9.90. The fraction of sp³-hybridized carbons (Fsp3) is 0.600. The van der Waals surface area contributed by atoms with E-state index in [0.717, 1.165) is 32.4 Å². The van der Waals surface area contributed by atoms with Crippen LogP contribution in [0.5, 0.6) is 0 Å². The van der Waals surface area contributed by atoms with E-state index in [2.05, 4.69) is 35.6 Å². The molecule has 94 valence electrons. The fourth-order valence-electron chi connectivity index (χ4n) is 2.58. The molecule has 1 aliphatic heterocycles. The van der Waals surface area contributed by atoms with Gasteiger partial charge in [0.2, 0.25) is 0 Å². The van der Waals surface area contributed by atoms with Crippen molar-refractivity contribution in [2.45, 2.75) is 38.2 Å². The van der Waals surface area contributed by atoms with Gasteiger partial charge in [-0.1, -0.05) is 36.8 Å². The number of aryl methyl sites for hydroxylation is 1. The van der Waals surface area contributed by atoms with Crippen molar-refractivity contribution >= 4 is 0 Å². The standard InChI is InChI=1S/C15H23NO/c17-15-10-11-16-12-14(15)9-5-4-8-13-6-2-1-3-7-13/h1-3,6-7,14-17H,4-5,8-12H2. The topological polar surface area (TPSA) is 32.3 Å². The van der Waals surface area contributed by atoms with Gasteiger partial charge >= 0.3 is 0 Å². The zero-order valence-corrected chi connectivity index (χ0v) is 10.4. The first-order valence-corrected chi connectivity index (χ1v) is 6.79. The molecule has 0 aromatic heterocycles. The normalized spacial score (nSPS) is 24.8. The highest BCUT2D eigenvalue weighted by Crippen LogP contribution is 2.18. The molecule has 1 fully saturated rings. The number of benzene rings is 1. The summed E-state index contributed by atoms with van der Waals surface area (Å²) >= 11 is 0. The molecule has 0 radical (unpaired) electrons. The maximum absolute atomic E-state index is 9.85. The van der Waals surface area contributed by atoms with E-state index < -0.39 is 0 Å². The molecule has 1 aromatic rings. The van der Waals surface area contributed by atoms with Crippen LogP contribution in [0, 0.1) is 5.92 Å². The summed E-state index contributed by atoms with van der Waals surface area (Å²) < 4.78 is 0. The minimum Gasteiger partial charge on any atom is -0.393 e. The van der Waals surface area contributed by atoms with Crippen molar-refractivity contribution in [3.63, 3.8) is 0 Å². The van der Waals surface area contributed by atoms with Crippen LogP contribution in [0.15, 0.2) is 30.3 Å². The number of unbranched alkanes of at least 4 members (excludes halogenated alkanes) is 1. The maximum atomic E-state index is 9.85. The van der Waals surface area contributed by atoms with E-state index >= 15 is 0 Å². The van der Waals surface area contributed by atoms with E-state index in [1.54, 1.807) is 0 Å². The van der Waals surface area contributed by atoms with Crippen LogP contribution in [0.4, 0.5) is 0 Å². The van der Waals surface area contributed by atoms with Crippen molar-refractivity contribution < 1.29 is 5.11 Å². The number of rotatable bonds is 5. The molecule has 2 N–H and O–H groups in total. The van der Waals surface area contributed by atoms with Gasteiger partial charge in [-0.3, -0.25) is 0 Å². The highest BCUT2D eigenvalue weighted by atomic mass is 16.3. The van der Waals surface area contributed by atoms with Crippen molar-refractivity contribution in [2.75, 3.05) is 13.1 Å². The molecule has 1 heterocycles. The summed E-state index contributed by atoms with van der Waals surface area (Å²) in [5.41, 5.74) is 1.43. The molecular weight excluding hydrogens is 210 g/mol. The summed E-state index contributed by atoms with van der Waals surface area (Å²) in [5.74, 6) is 0.472. The second-order valence-electron chi connectivity index (χ2n) is 5.05. The van der Waals surface area contributed by atoms with Gasteiger partial charge in [0.05, 0.1) is 6.10 Å². The molecule has 2 rings (SSSR count). The number of aliphatic hydroxyl groups excluding tert-OH is 1.